The van der Waals surface area contributed by atoms with Crippen LogP contribution in [-0.2, 0) is 0 Å². The van der Waals surface area contributed by atoms with Crippen molar-refractivity contribution in [1.29, 1.82) is 0 Å². The summed E-state index contributed by atoms with van der Waals surface area (Å²) in [5, 5.41) is 2.42. The molecule has 0 saturated carbocycles. The fourth-order valence-electron chi connectivity index (χ4n) is 1.17. The lowest BCUT2D eigenvalue weighted by molar-refractivity contribution is -0.134. The Morgan fingerprint density at radius 2 is 1.76 bits per heavy atom. The van der Waals surface area contributed by atoms with Gasteiger partial charge in [0.25, 0.3) is 0 Å². The van der Waals surface area contributed by atoms with Gasteiger partial charge < -0.3 is 5.32 Å². The molecule has 0 bridgehead atoms. The second-order valence-electron chi connectivity index (χ2n) is 3.39. The van der Waals surface area contributed by atoms with Crippen LogP contribution >= 0.6 is 15.9 Å². The Labute approximate surface area is 103 Å². The van der Waals surface area contributed by atoms with E-state index in [1.54, 1.807) is 0 Å². The van der Waals surface area contributed by atoms with Crippen LogP contribution in [0.15, 0.2) is 16.6 Å². The fourth-order valence-corrected chi connectivity index (χ4v) is 1.49. The maximum atomic E-state index is 13.2. The minimum Gasteiger partial charge on any atom is -0.383 e. The highest BCUT2D eigenvalue weighted by Gasteiger charge is 2.25. The highest BCUT2D eigenvalue weighted by atomic mass is 79.9. The molecule has 0 heterocycles. The van der Waals surface area contributed by atoms with E-state index in [0.29, 0.717) is 0 Å². The van der Waals surface area contributed by atoms with Gasteiger partial charge in [-0.05, 0) is 28.4 Å². The standard InChI is InChI=1S/C10H9BrF5N/c11-6-4-8(13)9(5-7(6)12)17-3-1-2-10(14,15)16/h4-5,17H,1-3H2. The van der Waals surface area contributed by atoms with Gasteiger partial charge in [-0.15, -0.1) is 0 Å². The molecule has 7 heteroatoms. The summed E-state index contributed by atoms with van der Waals surface area (Å²) in [6, 6.07) is 1.81. The van der Waals surface area contributed by atoms with Crippen LogP contribution in [0.4, 0.5) is 27.6 Å². The molecule has 0 amide bonds. The Morgan fingerprint density at radius 1 is 1.12 bits per heavy atom. The first-order valence-corrected chi connectivity index (χ1v) is 5.54. The molecule has 1 aromatic rings. The number of hydrogen-bond acceptors (Lipinski definition) is 1. The first-order chi connectivity index (χ1) is 7.79. The Balaban J connectivity index is 2.50. The van der Waals surface area contributed by atoms with Crippen molar-refractivity contribution in [3.8, 4) is 0 Å². The summed E-state index contributed by atoms with van der Waals surface area (Å²) < 4.78 is 61.6. The van der Waals surface area contributed by atoms with E-state index in [1.807, 2.05) is 0 Å². The molecule has 0 aliphatic rings. The minimum atomic E-state index is -4.23. The monoisotopic (exact) mass is 317 g/mol. The van der Waals surface area contributed by atoms with E-state index in [2.05, 4.69) is 21.2 Å². The molecule has 1 rings (SSSR count). The van der Waals surface area contributed by atoms with E-state index in [-0.39, 0.29) is 23.1 Å². The molecule has 0 fully saturated rings. The summed E-state index contributed by atoms with van der Waals surface area (Å²) in [5.74, 6) is -1.39. The molecule has 0 aliphatic heterocycles. The van der Waals surface area contributed by atoms with Crippen LogP contribution in [0.2, 0.25) is 0 Å². The van der Waals surface area contributed by atoms with Gasteiger partial charge in [0.05, 0.1) is 10.2 Å². The van der Waals surface area contributed by atoms with Crippen molar-refractivity contribution in [3.63, 3.8) is 0 Å². The molecular formula is C10H9BrF5N. The summed E-state index contributed by atoms with van der Waals surface area (Å²) in [6.45, 7) is -0.0719. The molecule has 17 heavy (non-hydrogen) atoms. The normalized spacial score (nSPS) is 11.6. The van der Waals surface area contributed by atoms with Gasteiger partial charge >= 0.3 is 6.18 Å². The Morgan fingerprint density at radius 3 is 2.35 bits per heavy atom. The van der Waals surface area contributed by atoms with Crippen LogP contribution in [-0.4, -0.2) is 12.7 Å². The Bertz CT molecular complexity index is 391. The SMILES string of the molecule is Fc1cc(NCCCC(F)(F)F)c(F)cc1Br. The lowest BCUT2D eigenvalue weighted by atomic mass is 10.2. The van der Waals surface area contributed by atoms with Crippen LogP contribution in [0.25, 0.3) is 0 Å². The Hall–Kier alpha value is -0.850. The van der Waals surface area contributed by atoms with Gasteiger partial charge in [0.2, 0.25) is 0 Å². The van der Waals surface area contributed by atoms with Crippen molar-refractivity contribution in [2.45, 2.75) is 19.0 Å². The predicted molar refractivity (Wildman–Crippen MR) is 57.8 cm³/mol. The van der Waals surface area contributed by atoms with Crippen molar-refractivity contribution >= 4 is 21.6 Å². The molecule has 0 aromatic heterocycles. The van der Waals surface area contributed by atoms with Crippen LogP contribution < -0.4 is 5.32 Å². The van der Waals surface area contributed by atoms with Gasteiger partial charge in [-0.2, -0.15) is 13.2 Å². The number of rotatable bonds is 4. The molecule has 0 atom stereocenters. The summed E-state index contributed by atoms with van der Waals surface area (Å²) in [4.78, 5) is 0. The van der Waals surface area contributed by atoms with E-state index in [4.69, 9.17) is 0 Å². The molecule has 0 saturated heterocycles. The molecule has 0 aliphatic carbocycles. The zero-order valence-corrected chi connectivity index (χ0v) is 10.1. The summed E-state index contributed by atoms with van der Waals surface area (Å²) in [5.41, 5.74) is -0.145. The van der Waals surface area contributed by atoms with Gasteiger partial charge in [-0.1, -0.05) is 0 Å². The minimum absolute atomic E-state index is 0.0316. The number of halogens is 6. The topological polar surface area (TPSA) is 12.0 Å². The van der Waals surface area contributed by atoms with E-state index < -0.39 is 24.2 Å². The first kappa shape index (κ1) is 14.2. The van der Waals surface area contributed by atoms with E-state index >= 15 is 0 Å². The molecule has 0 unspecified atom stereocenters. The maximum Gasteiger partial charge on any atom is 0.389 e. The quantitative estimate of drug-likeness (QED) is 0.490. The van der Waals surface area contributed by atoms with Gasteiger partial charge in [-0.3, -0.25) is 0 Å². The largest absolute Gasteiger partial charge is 0.389 e. The smallest absolute Gasteiger partial charge is 0.383 e. The third-order valence-corrected chi connectivity index (χ3v) is 2.57. The van der Waals surface area contributed by atoms with Crippen LogP contribution in [0.3, 0.4) is 0 Å². The average molecular weight is 318 g/mol. The molecule has 1 N–H and O–H groups in total. The van der Waals surface area contributed by atoms with Gasteiger partial charge in [0, 0.05) is 19.0 Å². The van der Waals surface area contributed by atoms with Crippen LogP contribution in [0, 0.1) is 11.6 Å². The highest BCUT2D eigenvalue weighted by Crippen LogP contribution is 2.24. The zero-order valence-electron chi connectivity index (χ0n) is 8.54. The summed E-state index contributed by atoms with van der Waals surface area (Å²) in [6.07, 6.45) is -5.38. The van der Waals surface area contributed by atoms with Gasteiger partial charge in [0.1, 0.15) is 11.6 Å². The van der Waals surface area contributed by atoms with E-state index in [0.717, 1.165) is 12.1 Å². The van der Waals surface area contributed by atoms with Crippen molar-refractivity contribution in [3.05, 3.63) is 28.2 Å². The second-order valence-corrected chi connectivity index (χ2v) is 4.25. The highest BCUT2D eigenvalue weighted by molar-refractivity contribution is 9.10. The molecule has 0 spiro atoms. The van der Waals surface area contributed by atoms with Gasteiger partial charge in [-0.25, -0.2) is 8.78 Å². The second kappa shape index (κ2) is 5.66. The van der Waals surface area contributed by atoms with Crippen molar-refractivity contribution < 1.29 is 22.0 Å². The van der Waals surface area contributed by atoms with Crippen LogP contribution in [0.5, 0.6) is 0 Å². The first-order valence-electron chi connectivity index (χ1n) is 4.75. The molecule has 1 nitrogen and oxygen atoms in total. The lowest BCUT2D eigenvalue weighted by Gasteiger charge is -2.09. The number of hydrogen-bond donors (Lipinski definition) is 1. The van der Waals surface area contributed by atoms with E-state index in [1.165, 1.54) is 0 Å². The summed E-state index contributed by atoms with van der Waals surface area (Å²) in [7, 11) is 0. The average Bonchev–Trinajstić information content (AvgIpc) is 2.18. The lowest BCUT2D eigenvalue weighted by Crippen LogP contribution is -2.11. The number of benzene rings is 1. The maximum absolute atomic E-state index is 13.2. The number of alkyl halides is 3. The number of nitrogens with one attached hydrogen (secondary N) is 1. The third kappa shape index (κ3) is 4.89. The fraction of sp³-hybridized carbons (Fsp3) is 0.400. The van der Waals surface area contributed by atoms with Gasteiger partial charge in [0.15, 0.2) is 0 Å². The molecule has 0 radical (unpaired) electrons. The number of anilines is 1. The third-order valence-electron chi connectivity index (χ3n) is 1.96. The van der Waals surface area contributed by atoms with E-state index in [9.17, 15) is 22.0 Å². The zero-order chi connectivity index (χ0) is 13.1. The molecule has 96 valence electrons. The van der Waals surface area contributed by atoms with Crippen LogP contribution in [0.1, 0.15) is 12.8 Å². The molecular weight excluding hydrogens is 309 g/mol. The van der Waals surface area contributed by atoms with Crippen molar-refractivity contribution in [2.75, 3.05) is 11.9 Å². The Kier molecular flexibility index (Phi) is 4.73. The predicted octanol–water partition coefficient (Wildman–Crippen LogP) is 4.48. The molecule has 1 aromatic carbocycles. The summed E-state index contributed by atoms with van der Waals surface area (Å²) >= 11 is 2.80. The van der Waals surface area contributed by atoms with Crippen molar-refractivity contribution in [1.82, 2.24) is 0 Å². The van der Waals surface area contributed by atoms with Crippen molar-refractivity contribution in [2.24, 2.45) is 0 Å².